The van der Waals surface area contributed by atoms with Crippen LogP contribution in [-0.2, 0) is 7.05 Å². The number of benzene rings is 1. The van der Waals surface area contributed by atoms with E-state index in [-0.39, 0.29) is 5.75 Å². The van der Waals surface area contributed by atoms with Crippen LogP contribution in [0.15, 0.2) is 30.5 Å². The summed E-state index contributed by atoms with van der Waals surface area (Å²) in [5.41, 5.74) is 7.95. The van der Waals surface area contributed by atoms with E-state index in [2.05, 4.69) is 10.4 Å². The molecule has 0 amide bonds. The standard InChI is InChI=1S/C12H16N4O/c1-16-12(9-4-2-3-5-11(9)17)10(8-15-16)14-7-6-13/h2-5,8,14,17H,6-7,13H2,1H3. The van der Waals surface area contributed by atoms with Crippen molar-refractivity contribution in [1.29, 1.82) is 0 Å². The van der Waals surface area contributed by atoms with Crippen molar-refractivity contribution in [2.45, 2.75) is 0 Å². The highest BCUT2D eigenvalue weighted by Crippen LogP contribution is 2.33. The van der Waals surface area contributed by atoms with Gasteiger partial charge in [-0.1, -0.05) is 12.1 Å². The van der Waals surface area contributed by atoms with Crippen molar-refractivity contribution in [1.82, 2.24) is 9.78 Å². The van der Waals surface area contributed by atoms with Gasteiger partial charge >= 0.3 is 0 Å². The topological polar surface area (TPSA) is 76.1 Å². The summed E-state index contributed by atoms with van der Waals surface area (Å²) in [6.07, 6.45) is 1.73. The minimum absolute atomic E-state index is 0.242. The molecule has 0 atom stereocenters. The lowest BCUT2D eigenvalue weighted by Crippen LogP contribution is -2.13. The van der Waals surface area contributed by atoms with E-state index in [1.807, 2.05) is 19.2 Å². The Hall–Kier alpha value is -2.01. The molecular weight excluding hydrogens is 216 g/mol. The first-order valence-electron chi connectivity index (χ1n) is 5.48. The van der Waals surface area contributed by atoms with E-state index in [1.165, 1.54) is 0 Å². The zero-order valence-corrected chi connectivity index (χ0v) is 9.72. The Labute approximate surface area is 99.9 Å². The maximum Gasteiger partial charge on any atom is 0.125 e. The van der Waals surface area contributed by atoms with E-state index in [4.69, 9.17) is 5.73 Å². The highest BCUT2D eigenvalue weighted by molar-refractivity contribution is 5.78. The number of rotatable bonds is 4. The van der Waals surface area contributed by atoms with Crippen LogP contribution in [0.25, 0.3) is 11.3 Å². The Bertz CT molecular complexity index is 507. The summed E-state index contributed by atoms with van der Waals surface area (Å²) >= 11 is 0. The molecule has 0 aliphatic heterocycles. The number of aromatic hydroxyl groups is 1. The first kappa shape index (κ1) is 11.5. The zero-order valence-electron chi connectivity index (χ0n) is 9.72. The van der Waals surface area contributed by atoms with E-state index in [0.717, 1.165) is 16.9 Å². The van der Waals surface area contributed by atoms with Crippen LogP contribution < -0.4 is 11.1 Å². The molecule has 0 spiro atoms. The predicted octanol–water partition coefficient (Wildman–Crippen LogP) is 1.16. The van der Waals surface area contributed by atoms with Gasteiger partial charge in [0.25, 0.3) is 0 Å². The molecule has 1 aromatic heterocycles. The van der Waals surface area contributed by atoms with Crippen LogP contribution in [0.4, 0.5) is 5.69 Å². The van der Waals surface area contributed by atoms with Crippen LogP contribution in [-0.4, -0.2) is 28.0 Å². The minimum Gasteiger partial charge on any atom is -0.507 e. The predicted molar refractivity (Wildman–Crippen MR) is 67.9 cm³/mol. The summed E-state index contributed by atoms with van der Waals surface area (Å²) in [5.74, 6) is 0.242. The Morgan fingerprint density at radius 3 is 2.88 bits per heavy atom. The van der Waals surface area contributed by atoms with Gasteiger partial charge in [-0.2, -0.15) is 5.10 Å². The maximum absolute atomic E-state index is 9.86. The number of phenols is 1. The Morgan fingerprint density at radius 2 is 2.18 bits per heavy atom. The van der Waals surface area contributed by atoms with Crippen LogP contribution in [0, 0.1) is 0 Å². The van der Waals surface area contributed by atoms with E-state index in [0.29, 0.717) is 13.1 Å². The van der Waals surface area contributed by atoms with E-state index >= 15 is 0 Å². The van der Waals surface area contributed by atoms with E-state index in [1.54, 1.807) is 23.0 Å². The monoisotopic (exact) mass is 232 g/mol. The molecule has 1 heterocycles. The number of para-hydroxylation sites is 1. The third-order valence-corrected chi connectivity index (χ3v) is 2.56. The number of hydrogen-bond donors (Lipinski definition) is 3. The average Bonchev–Trinajstić information content (AvgIpc) is 2.69. The van der Waals surface area contributed by atoms with Gasteiger partial charge in [0.15, 0.2) is 0 Å². The van der Waals surface area contributed by atoms with Crippen LogP contribution >= 0.6 is 0 Å². The molecule has 5 nitrogen and oxygen atoms in total. The van der Waals surface area contributed by atoms with Gasteiger partial charge < -0.3 is 16.2 Å². The van der Waals surface area contributed by atoms with Crippen LogP contribution in [0.3, 0.4) is 0 Å². The third kappa shape index (κ3) is 2.24. The Kier molecular flexibility index (Phi) is 3.30. The van der Waals surface area contributed by atoms with Gasteiger partial charge in [0, 0.05) is 25.7 Å². The second-order valence-electron chi connectivity index (χ2n) is 3.76. The van der Waals surface area contributed by atoms with Crippen molar-refractivity contribution in [3.05, 3.63) is 30.5 Å². The molecule has 0 aliphatic rings. The van der Waals surface area contributed by atoms with Gasteiger partial charge in [-0.3, -0.25) is 4.68 Å². The van der Waals surface area contributed by atoms with Gasteiger partial charge in [0.2, 0.25) is 0 Å². The first-order chi connectivity index (χ1) is 8.24. The maximum atomic E-state index is 9.86. The fraction of sp³-hybridized carbons (Fsp3) is 0.250. The van der Waals surface area contributed by atoms with Crippen molar-refractivity contribution in [2.75, 3.05) is 18.4 Å². The van der Waals surface area contributed by atoms with Crippen LogP contribution in [0.2, 0.25) is 0 Å². The van der Waals surface area contributed by atoms with Gasteiger partial charge in [-0.15, -0.1) is 0 Å². The van der Waals surface area contributed by atoms with Gasteiger partial charge in [0.05, 0.1) is 17.6 Å². The molecule has 4 N–H and O–H groups in total. The lowest BCUT2D eigenvalue weighted by molar-refractivity contribution is 0.476. The van der Waals surface area contributed by atoms with Gasteiger partial charge in [-0.25, -0.2) is 0 Å². The molecule has 17 heavy (non-hydrogen) atoms. The molecule has 0 fully saturated rings. The summed E-state index contributed by atoms with van der Waals surface area (Å²) in [5, 5.41) is 17.2. The molecule has 2 rings (SSSR count). The molecule has 5 heteroatoms. The highest BCUT2D eigenvalue weighted by atomic mass is 16.3. The lowest BCUT2D eigenvalue weighted by Gasteiger charge is -2.09. The third-order valence-electron chi connectivity index (χ3n) is 2.56. The fourth-order valence-corrected chi connectivity index (χ4v) is 1.77. The molecule has 0 saturated heterocycles. The lowest BCUT2D eigenvalue weighted by atomic mass is 10.1. The van der Waals surface area contributed by atoms with Crippen LogP contribution in [0.5, 0.6) is 5.75 Å². The van der Waals surface area contributed by atoms with Crippen molar-refractivity contribution < 1.29 is 5.11 Å². The summed E-state index contributed by atoms with van der Waals surface area (Å²) in [6, 6.07) is 7.20. The molecule has 0 radical (unpaired) electrons. The van der Waals surface area contributed by atoms with Gasteiger partial charge in [0.1, 0.15) is 5.75 Å². The number of nitrogens with two attached hydrogens (primary N) is 1. The smallest absolute Gasteiger partial charge is 0.125 e. The molecule has 0 saturated carbocycles. The van der Waals surface area contributed by atoms with Crippen molar-refractivity contribution in [3.8, 4) is 17.0 Å². The number of nitrogens with one attached hydrogen (secondary N) is 1. The molecule has 0 aliphatic carbocycles. The molecule has 1 aromatic carbocycles. The van der Waals surface area contributed by atoms with E-state index in [9.17, 15) is 5.11 Å². The number of aromatic nitrogens is 2. The molecule has 0 unspecified atom stereocenters. The highest BCUT2D eigenvalue weighted by Gasteiger charge is 2.13. The molecule has 2 aromatic rings. The van der Waals surface area contributed by atoms with E-state index < -0.39 is 0 Å². The number of anilines is 1. The quantitative estimate of drug-likeness (QED) is 0.739. The summed E-state index contributed by atoms with van der Waals surface area (Å²) < 4.78 is 1.73. The van der Waals surface area contributed by atoms with Crippen LogP contribution in [0.1, 0.15) is 0 Å². The largest absolute Gasteiger partial charge is 0.507 e. The van der Waals surface area contributed by atoms with Crippen molar-refractivity contribution in [3.63, 3.8) is 0 Å². The zero-order chi connectivity index (χ0) is 12.3. The summed E-state index contributed by atoms with van der Waals surface area (Å²) in [7, 11) is 1.84. The Balaban J connectivity index is 2.44. The number of hydrogen-bond acceptors (Lipinski definition) is 4. The number of aryl methyl sites for hydroxylation is 1. The summed E-state index contributed by atoms with van der Waals surface area (Å²) in [4.78, 5) is 0. The SMILES string of the molecule is Cn1ncc(NCCN)c1-c1ccccc1O. The average molecular weight is 232 g/mol. The number of nitrogens with zero attached hydrogens (tertiary/aromatic N) is 2. The number of phenolic OH excluding ortho intramolecular Hbond substituents is 1. The molecular formula is C12H16N4O. The van der Waals surface area contributed by atoms with Crippen molar-refractivity contribution in [2.24, 2.45) is 12.8 Å². The minimum atomic E-state index is 0.242. The molecule has 90 valence electrons. The first-order valence-corrected chi connectivity index (χ1v) is 5.48. The fourth-order valence-electron chi connectivity index (χ4n) is 1.77. The van der Waals surface area contributed by atoms with Gasteiger partial charge in [-0.05, 0) is 12.1 Å². The van der Waals surface area contributed by atoms with Crippen molar-refractivity contribution >= 4 is 5.69 Å². The molecule has 0 bridgehead atoms. The normalized spacial score (nSPS) is 10.5. The Morgan fingerprint density at radius 1 is 1.41 bits per heavy atom. The second-order valence-corrected chi connectivity index (χ2v) is 3.76. The second kappa shape index (κ2) is 4.88. The summed E-state index contributed by atoms with van der Waals surface area (Å²) in [6.45, 7) is 1.22.